The second kappa shape index (κ2) is 3.21. The summed E-state index contributed by atoms with van der Waals surface area (Å²) in [7, 11) is 1.75. The Labute approximate surface area is 82.3 Å². The number of carbonyl (C=O) groups is 1. The summed E-state index contributed by atoms with van der Waals surface area (Å²) in [5.41, 5.74) is 6.74. The van der Waals surface area contributed by atoms with Crippen LogP contribution in [-0.2, 0) is 0 Å². The third-order valence-electron chi connectivity index (χ3n) is 2.26. The monoisotopic (exact) mass is 192 g/mol. The molecule has 1 aliphatic rings. The van der Waals surface area contributed by atoms with Crippen LogP contribution in [0.5, 0.6) is 5.75 Å². The maximum absolute atomic E-state index is 11.8. The maximum atomic E-state index is 11.8. The second-order valence-corrected chi connectivity index (χ2v) is 3.33. The molecule has 2 rings (SSSR count). The van der Waals surface area contributed by atoms with Gasteiger partial charge in [-0.1, -0.05) is 0 Å². The first-order valence-corrected chi connectivity index (χ1v) is 4.46. The van der Waals surface area contributed by atoms with Crippen LogP contribution in [0.2, 0.25) is 0 Å². The molecule has 1 aromatic carbocycles. The van der Waals surface area contributed by atoms with Crippen LogP contribution in [0.15, 0.2) is 18.2 Å². The highest BCUT2D eigenvalue weighted by Gasteiger charge is 2.20. The number of ether oxygens (including phenoxy) is 1. The molecule has 0 saturated carbocycles. The fraction of sp³-hybridized carbons (Fsp3) is 0.300. The van der Waals surface area contributed by atoms with E-state index < -0.39 is 0 Å². The molecule has 74 valence electrons. The zero-order valence-corrected chi connectivity index (χ0v) is 7.99. The number of hydrogen-bond acceptors (Lipinski definition) is 3. The number of amides is 1. The molecule has 4 heteroatoms. The maximum Gasteiger partial charge on any atom is 0.257 e. The van der Waals surface area contributed by atoms with Crippen LogP contribution >= 0.6 is 0 Å². The van der Waals surface area contributed by atoms with Crippen molar-refractivity contribution in [2.45, 2.75) is 0 Å². The number of nitrogens with zero attached hydrogens (tertiary/aromatic N) is 1. The van der Waals surface area contributed by atoms with Gasteiger partial charge in [0.1, 0.15) is 12.4 Å². The van der Waals surface area contributed by atoms with Crippen LogP contribution < -0.4 is 10.5 Å². The van der Waals surface area contributed by atoms with Gasteiger partial charge in [-0.05, 0) is 18.2 Å². The first-order valence-electron chi connectivity index (χ1n) is 4.46. The Balaban J connectivity index is 2.50. The Kier molecular flexibility index (Phi) is 2.04. The molecule has 4 nitrogen and oxygen atoms in total. The molecule has 1 amide bonds. The van der Waals surface area contributed by atoms with E-state index in [2.05, 4.69) is 0 Å². The van der Waals surface area contributed by atoms with Gasteiger partial charge in [0.2, 0.25) is 0 Å². The lowest BCUT2D eigenvalue weighted by atomic mass is 10.1. The number of carbonyl (C=O) groups excluding carboxylic acids is 1. The SMILES string of the molecule is CN1CCOc2ccc(N)cc2C1=O. The smallest absolute Gasteiger partial charge is 0.257 e. The van der Waals surface area contributed by atoms with Gasteiger partial charge in [0.05, 0.1) is 12.1 Å². The number of nitrogen functional groups attached to an aromatic ring is 1. The quantitative estimate of drug-likeness (QED) is 0.616. The molecule has 1 aromatic rings. The van der Waals surface area contributed by atoms with E-state index in [0.717, 1.165) is 0 Å². The molecule has 0 spiro atoms. The number of hydrogen-bond donors (Lipinski definition) is 1. The molecular formula is C10H12N2O2. The van der Waals surface area contributed by atoms with Crippen molar-refractivity contribution in [2.24, 2.45) is 0 Å². The van der Waals surface area contributed by atoms with Crippen LogP contribution in [0.25, 0.3) is 0 Å². The average Bonchev–Trinajstić information content (AvgIpc) is 2.30. The third-order valence-corrected chi connectivity index (χ3v) is 2.26. The Morgan fingerprint density at radius 1 is 1.50 bits per heavy atom. The van der Waals surface area contributed by atoms with Crippen molar-refractivity contribution in [3.63, 3.8) is 0 Å². The molecule has 2 N–H and O–H groups in total. The van der Waals surface area contributed by atoms with Crippen molar-refractivity contribution in [1.29, 1.82) is 0 Å². The number of nitrogens with two attached hydrogens (primary N) is 1. The van der Waals surface area contributed by atoms with E-state index >= 15 is 0 Å². The fourth-order valence-electron chi connectivity index (χ4n) is 1.44. The summed E-state index contributed by atoms with van der Waals surface area (Å²) in [6.45, 7) is 1.13. The number of likely N-dealkylation sites (N-methyl/N-ethyl adjacent to an activating group) is 1. The lowest BCUT2D eigenvalue weighted by molar-refractivity contribution is 0.0797. The summed E-state index contributed by atoms with van der Waals surface area (Å²) in [5, 5.41) is 0. The zero-order valence-electron chi connectivity index (χ0n) is 7.99. The van der Waals surface area contributed by atoms with Crippen molar-refractivity contribution in [3.05, 3.63) is 23.8 Å². The summed E-state index contributed by atoms with van der Waals surface area (Å²) in [6, 6.07) is 5.12. The van der Waals surface area contributed by atoms with E-state index in [9.17, 15) is 4.79 Å². The number of rotatable bonds is 0. The topological polar surface area (TPSA) is 55.6 Å². The van der Waals surface area contributed by atoms with Crippen molar-refractivity contribution in [1.82, 2.24) is 4.90 Å². The molecule has 0 aliphatic carbocycles. The molecule has 0 fully saturated rings. The van der Waals surface area contributed by atoms with Gasteiger partial charge < -0.3 is 15.4 Å². The van der Waals surface area contributed by atoms with Crippen LogP contribution in [-0.4, -0.2) is 31.0 Å². The van der Waals surface area contributed by atoms with E-state index in [1.807, 2.05) is 0 Å². The minimum absolute atomic E-state index is 0.0372. The van der Waals surface area contributed by atoms with Gasteiger partial charge in [0.25, 0.3) is 5.91 Å². The minimum atomic E-state index is -0.0372. The first kappa shape index (κ1) is 8.87. The molecule has 0 atom stereocenters. The van der Waals surface area contributed by atoms with E-state index in [4.69, 9.17) is 10.5 Å². The first-order chi connectivity index (χ1) is 6.68. The largest absolute Gasteiger partial charge is 0.491 e. The lowest BCUT2D eigenvalue weighted by Crippen LogP contribution is -2.27. The summed E-state index contributed by atoms with van der Waals surface area (Å²) >= 11 is 0. The van der Waals surface area contributed by atoms with Gasteiger partial charge in [-0.15, -0.1) is 0 Å². The molecule has 0 radical (unpaired) electrons. The molecule has 1 aliphatic heterocycles. The van der Waals surface area contributed by atoms with Crippen LogP contribution in [0.3, 0.4) is 0 Å². The number of fused-ring (bicyclic) bond motifs is 1. The Hall–Kier alpha value is -1.71. The molecule has 0 bridgehead atoms. The van der Waals surface area contributed by atoms with Gasteiger partial charge in [-0.2, -0.15) is 0 Å². The van der Waals surface area contributed by atoms with E-state index in [1.165, 1.54) is 0 Å². The summed E-state index contributed by atoms with van der Waals surface area (Å²) in [5.74, 6) is 0.582. The Morgan fingerprint density at radius 3 is 3.07 bits per heavy atom. The van der Waals surface area contributed by atoms with Crippen molar-refractivity contribution < 1.29 is 9.53 Å². The molecule has 14 heavy (non-hydrogen) atoms. The highest BCUT2D eigenvalue weighted by molar-refractivity contribution is 5.97. The van der Waals surface area contributed by atoms with Crippen molar-refractivity contribution in [2.75, 3.05) is 25.9 Å². The van der Waals surface area contributed by atoms with E-state index in [-0.39, 0.29) is 5.91 Å². The Morgan fingerprint density at radius 2 is 2.29 bits per heavy atom. The lowest BCUT2D eigenvalue weighted by Gasteiger charge is -2.12. The summed E-state index contributed by atoms with van der Waals surface area (Å²) in [6.07, 6.45) is 0. The molecule has 0 saturated heterocycles. The normalized spacial score (nSPS) is 15.8. The average molecular weight is 192 g/mol. The molecule has 0 unspecified atom stereocenters. The molecule has 1 heterocycles. The number of anilines is 1. The van der Waals surface area contributed by atoms with Gasteiger partial charge in [0.15, 0.2) is 0 Å². The fourth-order valence-corrected chi connectivity index (χ4v) is 1.44. The van der Waals surface area contributed by atoms with Crippen molar-refractivity contribution in [3.8, 4) is 5.75 Å². The predicted octanol–water partition coefficient (Wildman–Crippen LogP) is 0.733. The van der Waals surface area contributed by atoms with Gasteiger partial charge in [0, 0.05) is 12.7 Å². The highest BCUT2D eigenvalue weighted by atomic mass is 16.5. The van der Waals surface area contributed by atoms with Crippen LogP contribution in [0.1, 0.15) is 10.4 Å². The van der Waals surface area contributed by atoms with Gasteiger partial charge in [-0.25, -0.2) is 0 Å². The summed E-state index contributed by atoms with van der Waals surface area (Å²) < 4.78 is 5.43. The zero-order chi connectivity index (χ0) is 10.1. The van der Waals surface area contributed by atoms with E-state index in [0.29, 0.717) is 30.2 Å². The van der Waals surface area contributed by atoms with Crippen LogP contribution in [0, 0.1) is 0 Å². The highest BCUT2D eigenvalue weighted by Crippen LogP contribution is 2.24. The third kappa shape index (κ3) is 1.39. The standard InChI is InChI=1S/C10H12N2O2/c1-12-4-5-14-9-3-2-7(11)6-8(9)10(12)13/h2-3,6H,4-5,11H2,1H3. The predicted molar refractivity (Wildman–Crippen MR) is 53.3 cm³/mol. The Bertz CT molecular complexity index is 376. The van der Waals surface area contributed by atoms with E-state index in [1.54, 1.807) is 30.1 Å². The second-order valence-electron chi connectivity index (χ2n) is 3.33. The number of benzene rings is 1. The van der Waals surface area contributed by atoms with Gasteiger partial charge >= 0.3 is 0 Å². The summed E-state index contributed by atoms with van der Waals surface area (Å²) in [4.78, 5) is 13.4. The van der Waals surface area contributed by atoms with Crippen molar-refractivity contribution >= 4 is 11.6 Å². The molecule has 0 aromatic heterocycles. The molecular weight excluding hydrogens is 180 g/mol. The van der Waals surface area contributed by atoms with Gasteiger partial charge in [-0.3, -0.25) is 4.79 Å². The van der Waals surface area contributed by atoms with Crippen LogP contribution in [0.4, 0.5) is 5.69 Å². The minimum Gasteiger partial charge on any atom is -0.491 e.